The van der Waals surface area contributed by atoms with E-state index in [9.17, 15) is 0 Å². The van der Waals surface area contributed by atoms with E-state index in [-0.39, 0.29) is 0 Å². The molecule has 0 radical (unpaired) electrons. The SMILES string of the molecule is c1ccc(-c2nc(-c3ccccc3)nc(-c3ccc4c(c3)c3cccc5c6cnccc6n4c53)n2)cc1. The average Bonchev–Trinajstić information content (AvgIpc) is 3.50. The van der Waals surface area contributed by atoms with Crippen LogP contribution in [0.1, 0.15) is 0 Å². The predicted octanol–water partition coefficient (Wildman–Crippen LogP) is 7.42. The molecule has 0 atom stereocenters. The molecule has 0 bridgehead atoms. The fourth-order valence-corrected chi connectivity index (χ4v) is 5.40. The Morgan fingerprint density at radius 2 is 1.05 bits per heavy atom. The molecule has 4 heterocycles. The highest BCUT2D eigenvalue weighted by Gasteiger charge is 2.18. The fraction of sp³-hybridized carbons (Fsp3) is 0. The van der Waals surface area contributed by atoms with Gasteiger partial charge < -0.3 is 4.40 Å². The van der Waals surface area contributed by atoms with Crippen LogP contribution in [0.2, 0.25) is 0 Å². The quantitative estimate of drug-likeness (QED) is 0.268. The first-order valence-electron chi connectivity index (χ1n) is 12.2. The van der Waals surface area contributed by atoms with Gasteiger partial charge in [0.25, 0.3) is 0 Å². The second-order valence-corrected chi connectivity index (χ2v) is 9.20. The Hall–Kier alpha value is -5.16. The van der Waals surface area contributed by atoms with Crippen molar-refractivity contribution in [3.63, 3.8) is 0 Å². The minimum absolute atomic E-state index is 0.660. The molecule has 0 aliphatic rings. The lowest BCUT2D eigenvalue weighted by molar-refractivity contribution is 1.07. The van der Waals surface area contributed by atoms with Crippen molar-refractivity contribution in [3.05, 3.63) is 116 Å². The molecule has 0 unspecified atom stereocenters. The summed E-state index contributed by atoms with van der Waals surface area (Å²) in [6, 6.07) is 35.2. The number of hydrogen-bond acceptors (Lipinski definition) is 4. The summed E-state index contributed by atoms with van der Waals surface area (Å²) in [4.78, 5) is 19.0. The van der Waals surface area contributed by atoms with E-state index in [1.54, 1.807) is 0 Å². The van der Waals surface area contributed by atoms with Gasteiger partial charge in [-0.3, -0.25) is 4.98 Å². The van der Waals surface area contributed by atoms with Crippen LogP contribution in [-0.4, -0.2) is 24.3 Å². The normalized spacial score (nSPS) is 11.8. The van der Waals surface area contributed by atoms with Gasteiger partial charge >= 0.3 is 0 Å². The van der Waals surface area contributed by atoms with Gasteiger partial charge in [-0.1, -0.05) is 78.9 Å². The van der Waals surface area contributed by atoms with Crippen molar-refractivity contribution in [3.8, 4) is 34.2 Å². The molecule has 4 aromatic heterocycles. The molecule has 0 N–H and O–H groups in total. The molecule has 172 valence electrons. The summed E-state index contributed by atoms with van der Waals surface area (Å²) in [5, 5.41) is 4.79. The van der Waals surface area contributed by atoms with Crippen LogP contribution in [0.15, 0.2) is 116 Å². The Kier molecular flexibility index (Phi) is 4.16. The third kappa shape index (κ3) is 2.98. The second kappa shape index (κ2) is 7.67. The van der Waals surface area contributed by atoms with Gasteiger partial charge in [0, 0.05) is 50.6 Å². The van der Waals surface area contributed by atoms with Gasteiger partial charge in [0.2, 0.25) is 0 Å². The monoisotopic (exact) mass is 473 g/mol. The van der Waals surface area contributed by atoms with Crippen LogP contribution < -0.4 is 0 Å². The van der Waals surface area contributed by atoms with Gasteiger partial charge in [-0.05, 0) is 24.3 Å². The Morgan fingerprint density at radius 1 is 0.459 bits per heavy atom. The predicted molar refractivity (Wildman–Crippen MR) is 149 cm³/mol. The molecule has 0 fully saturated rings. The summed E-state index contributed by atoms with van der Waals surface area (Å²) >= 11 is 0. The number of aromatic nitrogens is 5. The molecule has 0 spiro atoms. The van der Waals surface area contributed by atoms with Gasteiger partial charge in [0.1, 0.15) is 0 Å². The van der Waals surface area contributed by atoms with Gasteiger partial charge in [0.05, 0.1) is 16.6 Å². The van der Waals surface area contributed by atoms with Crippen LogP contribution in [0.25, 0.3) is 72.3 Å². The fourth-order valence-electron chi connectivity index (χ4n) is 5.40. The summed E-state index contributed by atoms with van der Waals surface area (Å²) < 4.78 is 2.35. The van der Waals surface area contributed by atoms with E-state index in [2.05, 4.69) is 51.8 Å². The molecule has 8 aromatic rings. The molecule has 0 saturated carbocycles. The lowest BCUT2D eigenvalue weighted by atomic mass is 10.1. The Labute approximate surface area is 212 Å². The van der Waals surface area contributed by atoms with Gasteiger partial charge in [0.15, 0.2) is 17.5 Å². The number of rotatable bonds is 3. The third-order valence-electron chi connectivity index (χ3n) is 7.07. The first kappa shape index (κ1) is 20.1. The molecule has 37 heavy (non-hydrogen) atoms. The molecule has 0 aliphatic carbocycles. The zero-order chi connectivity index (χ0) is 24.3. The standard InChI is InChI=1S/C32H19N5/c1-3-8-20(9-4-1)30-34-31(21-10-5-2-6-11-21)36-32(35-30)22-14-15-27-25(18-22)23-12-7-13-24-26-19-33-17-16-28(26)37(27)29(23)24/h1-19H. The maximum atomic E-state index is 4.92. The highest BCUT2D eigenvalue weighted by Crippen LogP contribution is 2.39. The maximum absolute atomic E-state index is 4.92. The van der Waals surface area contributed by atoms with E-state index in [0.717, 1.165) is 22.2 Å². The van der Waals surface area contributed by atoms with Crippen molar-refractivity contribution in [2.24, 2.45) is 0 Å². The minimum atomic E-state index is 0.660. The molecular weight excluding hydrogens is 454 g/mol. The van der Waals surface area contributed by atoms with Crippen molar-refractivity contribution in [1.82, 2.24) is 24.3 Å². The average molecular weight is 474 g/mol. The first-order chi connectivity index (χ1) is 18.3. The zero-order valence-electron chi connectivity index (χ0n) is 19.7. The molecule has 0 saturated heterocycles. The summed E-state index contributed by atoms with van der Waals surface area (Å²) in [5.41, 5.74) is 6.45. The number of para-hydroxylation sites is 1. The van der Waals surface area contributed by atoms with E-state index in [4.69, 9.17) is 15.0 Å². The van der Waals surface area contributed by atoms with Gasteiger partial charge in [-0.2, -0.15) is 0 Å². The van der Waals surface area contributed by atoms with E-state index in [1.165, 1.54) is 32.6 Å². The van der Waals surface area contributed by atoms with Crippen molar-refractivity contribution in [1.29, 1.82) is 0 Å². The zero-order valence-corrected chi connectivity index (χ0v) is 19.7. The largest absolute Gasteiger partial charge is 0.308 e. The van der Waals surface area contributed by atoms with E-state index in [0.29, 0.717) is 17.5 Å². The van der Waals surface area contributed by atoms with E-state index >= 15 is 0 Å². The first-order valence-corrected chi connectivity index (χ1v) is 12.2. The Balaban J connectivity index is 1.40. The van der Waals surface area contributed by atoms with Crippen molar-refractivity contribution in [2.45, 2.75) is 0 Å². The highest BCUT2D eigenvalue weighted by molar-refractivity contribution is 6.23. The molecule has 0 amide bonds. The number of nitrogens with zero attached hydrogens (tertiary/aromatic N) is 5. The number of benzene rings is 4. The lowest BCUT2D eigenvalue weighted by Crippen LogP contribution is -2.00. The smallest absolute Gasteiger partial charge is 0.164 e. The van der Waals surface area contributed by atoms with E-state index in [1.807, 2.05) is 73.1 Å². The molecule has 5 nitrogen and oxygen atoms in total. The van der Waals surface area contributed by atoms with Crippen LogP contribution in [0, 0.1) is 0 Å². The molecule has 8 rings (SSSR count). The highest BCUT2D eigenvalue weighted by atomic mass is 15.0. The topological polar surface area (TPSA) is 56.0 Å². The summed E-state index contributed by atoms with van der Waals surface area (Å²) in [5.74, 6) is 1.99. The van der Waals surface area contributed by atoms with Crippen molar-refractivity contribution < 1.29 is 0 Å². The second-order valence-electron chi connectivity index (χ2n) is 9.20. The third-order valence-corrected chi connectivity index (χ3v) is 7.07. The summed E-state index contributed by atoms with van der Waals surface area (Å²) in [6.45, 7) is 0. The molecule has 4 aromatic carbocycles. The van der Waals surface area contributed by atoms with E-state index < -0.39 is 0 Å². The maximum Gasteiger partial charge on any atom is 0.164 e. The summed E-state index contributed by atoms with van der Waals surface area (Å²) in [7, 11) is 0. The van der Waals surface area contributed by atoms with Crippen LogP contribution in [0.5, 0.6) is 0 Å². The number of fused-ring (bicyclic) bond motifs is 6. The van der Waals surface area contributed by atoms with Crippen molar-refractivity contribution in [2.75, 3.05) is 0 Å². The van der Waals surface area contributed by atoms with Crippen LogP contribution in [0.3, 0.4) is 0 Å². The molecule has 5 heteroatoms. The van der Waals surface area contributed by atoms with Gasteiger partial charge in [-0.25, -0.2) is 15.0 Å². The summed E-state index contributed by atoms with van der Waals surface area (Å²) in [6.07, 6.45) is 3.82. The molecular formula is C32H19N5. The Bertz CT molecular complexity index is 2020. The minimum Gasteiger partial charge on any atom is -0.308 e. The number of hydrogen-bond donors (Lipinski definition) is 0. The molecule has 0 aliphatic heterocycles. The lowest BCUT2D eigenvalue weighted by Gasteiger charge is -2.08. The number of pyridine rings is 1. The van der Waals surface area contributed by atoms with Crippen LogP contribution in [0.4, 0.5) is 0 Å². The van der Waals surface area contributed by atoms with Gasteiger partial charge in [-0.15, -0.1) is 0 Å². The van der Waals surface area contributed by atoms with Crippen molar-refractivity contribution >= 4 is 38.1 Å². The van der Waals surface area contributed by atoms with Crippen LogP contribution >= 0.6 is 0 Å². The Morgan fingerprint density at radius 3 is 1.73 bits per heavy atom. The van der Waals surface area contributed by atoms with Crippen LogP contribution in [-0.2, 0) is 0 Å².